The van der Waals surface area contributed by atoms with Crippen molar-refractivity contribution in [2.45, 2.75) is 13.3 Å². The van der Waals surface area contributed by atoms with Crippen LogP contribution in [0.1, 0.15) is 13.3 Å². The summed E-state index contributed by atoms with van der Waals surface area (Å²) in [5, 5.41) is 17.6. The molecule has 1 unspecified atom stereocenters. The van der Waals surface area contributed by atoms with Gasteiger partial charge in [-0.1, -0.05) is 13.3 Å². The summed E-state index contributed by atoms with van der Waals surface area (Å²) >= 11 is 4.25. The first-order valence-corrected chi connectivity index (χ1v) is 5.46. The Hall–Kier alpha value is 0.230. The van der Waals surface area contributed by atoms with E-state index in [1.165, 1.54) is 0 Å². The summed E-state index contributed by atoms with van der Waals surface area (Å²) in [7, 11) is 0. The largest absolute Gasteiger partial charge is 0.395 e. The molecule has 0 saturated heterocycles. The predicted octanol–water partition coefficient (Wildman–Crippen LogP) is 0.229. The van der Waals surface area contributed by atoms with Crippen LogP contribution in [0.5, 0.6) is 0 Å². The topological polar surface area (TPSA) is 43.7 Å². The number of nitrogens with zero attached hydrogens (tertiary/aromatic N) is 1. The van der Waals surface area contributed by atoms with Crippen LogP contribution >= 0.6 is 12.6 Å². The molecule has 0 aromatic rings. The molecule has 80 valence electrons. The van der Waals surface area contributed by atoms with Crippen molar-refractivity contribution in [3.63, 3.8) is 0 Å². The Morgan fingerprint density at radius 3 is 2.08 bits per heavy atom. The lowest BCUT2D eigenvalue weighted by Gasteiger charge is -2.24. The predicted molar refractivity (Wildman–Crippen MR) is 58.2 cm³/mol. The molecule has 0 fully saturated rings. The van der Waals surface area contributed by atoms with E-state index >= 15 is 0 Å². The van der Waals surface area contributed by atoms with Crippen LogP contribution in [0.3, 0.4) is 0 Å². The fourth-order valence-corrected chi connectivity index (χ4v) is 1.63. The minimum absolute atomic E-state index is 0.156. The Morgan fingerprint density at radius 2 is 1.77 bits per heavy atom. The van der Waals surface area contributed by atoms with Crippen LogP contribution in [0.15, 0.2) is 0 Å². The van der Waals surface area contributed by atoms with Crippen molar-refractivity contribution in [1.82, 2.24) is 4.90 Å². The van der Waals surface area contributed by atoms with Crippen LogP contribution < -0.4 is 0 Å². The molecule has 0 aliphatic rings. The van der Waals surface area contributed by atoms with Gasteiger partial charge in [-0.3, -0.25) is 4.90 Å². The van der Waals surface area contributed by atoms with Gasteiger partial charge in [-0.2, -0.15) is 12.6 Å². The summed E-state index contributed by atoms with van der Waals surface area (Å²) in [6, 6.07) is 0. The van der Waals surface area contributed by atoms with Crippen molar-refractivity contribution in [3.05, 3.63) is 0 Å². The number of hydrogen-bond acceptors (Lipinski definition) is 4. The fraction of sp³-hybridized carbons (Fsp3) is 1.00. The van der Waals surface area contributed by atoms with E-state index in [2.05, 4.69) is 24.5 Å². The van der Waals surface area contributed by atoms with Crippen molar-refractivity contribution in [2.24, 2.45) is 5.92 Å². The van der Waals surface area contributed by atoms with Gasteiger partial charge in [0, 0.05) is 19.6 Å². The lowest BCUT2D eigenvalue weighted by Crippen LogP contribution is -2.34. The van der Waals surface area contributed by atoms with Crippen LogP contribution in [-0.2, 0) is 0 Å². The van der Waals surface area contributed by atoms with Gasteiger partial charge in [-0.25, -0.2) is 0 Å². The zero-order valence-corrected chi connectivity index (χ0v) is 9.21. The van der Waals surface area contributed by atoms with Crippen LogP contribution in [0.2, 0.25) is 0 Å². The normalized spacial score (nSPS) is 13.6. The minimum Gasteiger partial charge on any atom is -0.395 e. The average Bonchev–Trinajstić information content (AvgIpc) is 2.14. The molecule has 1 atom stereocenters. The molecule has 0 amide bonds. The highest BCUT2D eigenvalue weighted by molar-refractivity contribution is 7.80. The first kappa shape index (κ1) is 13.2. The zero-order chi connectivity index (χ0) is 10.1. The van der Waals surface area contributed by atoms with E-state index in [9.17, 15) is 0 Å². The molecule has 0 saturated carbocycles. The maximum Gasteiger partial charge on any atom is 0.0558 e. The number of rotatable bonds is 8. The van der Waals surface area contributed by atoms with E-state index in [-0.39, 0.29) is 13.2 Å². The van der Waals surface area contributed by atoms with E-state index in [0.29, 0.717) is 19.0 Å². The van der Waals surface area contributed by atoms with Gasteiger partial charge < -0.3 is 10.2 Å². The van der Waals surface area contributed by atoms with Crippen molar-refractivity contribution < 1.29 is 10.2 Å². The number of aliphatic hydroxyl groups excluding tert-OH is 2. The molecule has 0 bridgehead atoms. The van der Waals surface area contributed by atoms with Gasteiger partial charge in [0.15, 0.2) is 0 Å². The maximum atomic E-state index is 8.78. The Kier molecular flexibility index (Phi) is 8.97. The molecule has 0 aromatic carbocycles. The third-order valence-corrected chi connectivity index (χ3v) is 2.70. The van der Waals surface area contributed by atoms with Crippen molar-refractivity contribution in [3.8, 4) is 0 Å². The summed E-state index contributed by atoms with van der Waals surface area (Å²) in [5.74, 6) is 1.42. The molecule has 0 rings (SSSR count). The van der Waals surface area contributed by atoms with E-state index in [0.717, 1.165) is 18.7 Å². The zero-order valence-electron chi connectivity index (χ0n) is 8.32. The number of thiol groups is 1. The highest BCUT2D eigenvalue weighted by atomic mass is 32.1. The van der Waals surface area contributed by atoms with Gasteiger partial charge in [-0.05, 0) is 11.7 Å². The Morgan fingerprint density at radius 1 is 1.23 bits per heavy atom. The van der Waals surface area contributed by atoms with E-state index in [1.807, 2.05) is 0 Å². The third kappa shape index (κ3) is 6.32. The minimum atomic E-state index is 0.156. The second kappa shape index (κ2) is 8.81. The van der Waals surface area contributed by atoms with Crippen LogP contribution in [0.25, 0.3) is 0 Å². The van der Waals surface area contributed by atoms with Gasteiger partial charge in [-0.15, -0.1) is 0 Å². The quantitative estimate of drug-likeness (QED) is 0.499. The molecule has 3 nitrogen and oxygen atoms in total. The molecule has 2 N–H and O–H groups in total. The molecule has 13 heavy (non-hydrogen) atoms. The molecule has 0 aliphatic heterocycles. The lowest BCUT2D eigenvalue weighted by atomic mass is 10.1. The first-order valence-electron chi connectivity index (χ1n) is 4.83. The molecule has 0 spiro atoms. The van der Waals surface area contributed by atoms with E-state index in [1.54, 1.807) is 0 Å². The van der Waals surface area contributed by atoms with Crippen LogP contribution in [-0.4, -0.2) is 53.7 Å². The molecule has 0 aromatic heterocycles. The van der Waals surface area contributed by atoms with E-state index < -0.39 is 0 Å². The summed E-state index contributed by atoms with van der Waals surface area (Å²) < 4.78 is 0. The third-order valence-electron chi connectivity index (χ3n) is 2.18. The summed E-state index contributed by atoms with van der Waals surface area (Å²) in [5.41, 5.74) is 0. The van der Waals surface area contributed by atoms with Gasteiger partial charge in [0.05, 0.1) is 13.2 Å². The SMILES string of the molecule is CCC(CS)CN(CCO)CCO. The molecule has 0 aliphatic carbocycles. The second-order valence-electron chi connectivity index (χ2n) is 3.20. The lowest BCUT2D eigenvalue weighted by molar-refractivity contribution is 0.147. The standard InChI is InChI=1S/C9H21NO2S/c1-2-9(8-13)7-10(3-5-11)4-6-12/h9,11-13H,2-8H2,1H3. The number of hydrogen-bond donors (Lipinski definition) is 3. The summed E-state index contributed by atoms with van der Waals surface area (Å²) in [6.07, 6.45) is 1.09. The Labute approximate surface area is 86.2 Å². The smallest absolute Gasteiger partial charge is 0.0558 e. The van der Waals surface area contributed by atoms with Crippen molar-refractivity contribution in [2.75, 3.05) is 38.6 Å². The van der Waals surface area contributed by atoms with Gasteiger partial charge in [0.2, 0.25) is 0 Å². The molecule has 0 heterocycles. The van der Waals surface area contributed by atoms with Gasteiger partial charge >= 0.3 is 0 Å². The van der Waals surface area contributed by atoms with Gasteiger partial charge in [0.1, 0.15) is 0 Å². The Balaban J connectivity index is 3.76. The second-order valence-corrected chi connectivity index (χ2v) is 3.57. The summed E-state index contributed by atoms with van der Waals surface area (Å²) in [6.45, 7) is 4.65. The Bertz CT molecular complexity index is 104. The first-order chi connectivity index (χ1) is 6.28. The highest BCUT2D eigenvalue weighted by Gasteiger charge is 2.10. The van der Waals surface area contributed by atoms with Crippen LogP contribution in [0.4, 0.5) is 0 Å². The van der Waals surface area contributed by atoms with Crippen molar-refractivity contribution >= 4 is 12.6 Å². The summed E-state index contributed by atoms with van der Waals surface area (Å²) in [4.78, 5) is 2.07. The van der Waals surface area contributed by atoms with E-state index in [4.69, 9.17) is 10.2 Å². The highest BCUT2D eigenvalue weighted by Crippen LogP contribution is 2.06. The van der Waals surface area contributed by atoms with Crippen LogP contribution in [0, 0.1) is 5.92 Å². The molecular weight excluding hydrogens is 186 g/mol. The average molecular weight is 207 g/mol. The molecular formula is C9H21NO2S. The fourth-order valence-electron chi connectivity index (χ4n) is 1.26. The van der Waals surface area contributed by atoms with Gasteiger partial charge in [0.25, 0.3) is 0 Å². The maximum absolute atomic E-state index is 8.78. The molecule has 4 heteroatoms. The monoisotopic (exact) mass is 207 g/mol. The molecule has 0 radical (unpaired) electrons. The number of aliphatic hydroxyl groups is 2. The van der Waals surface area contributed by atoms with Crippen molar-refractivity contribution in [1.29, 1.82) is 0 Å².